The number of hydrogen-bond acceptors (Lipinski definition) is 7. The standard InChI is InChI=1S/C15H22IN5O3/c1-4-15(3,16)5-8-10(22)11(23)14(24-8)21-7(2)20-9-12(17)18-6-19-13(9)21/h6,8,10-11,14,22-23H,4-5H2,1-3H3,(H2,17,18,19)/t8-,10-,11-,14?,15?/m1/s1. The van der Waals surface area contributed by atoms with Crippen molar-refractivity contribution in [2.75, 3.05) is 5.73 Å². The van der Waals surface area contributed by atoms with E-state index in [2.05, 4.69) is 51.4 Å². The molecule has 1 saturated heterocycles. The lowest BCUT2D eigenvalue weighted by atomic mass is 9.97. The Morgan fingerprint density at radius 3 is 2.75 bits per heavy atom. The lowest BCUT2D eigenvalue weighted by Crippen LogP contribution is -2.35. The van der Waals surface area contributed by atoms with Crippen LogP contribution in [0.25, 0.3) is 11.2 Å². The van der Waals surface area contributed by atoms with Gasteiger partial charge in [0, 0.05) is 3.42 Å². The monoisotopic (exact) mass is 447 g/mol. The van der Waals surface area contributed by atoms with Crippen molar-refractivity contribution in [1.82, 2.24) is 19.5 Å². The first-order valence-corrected chi connectivity index (χ1v) is 8.98. The Hall–Kier alpha value is -1.04. The Morgan fingerprint density at radius 2 is 2.08 bits per heavy atom. The molecular weight excluding hydrogens is 425 g/mol. The average Bonchev–Trinajstić information content (AvgIpc) is 2.99. The number of aryl methyl sites for hydroxylation is 1. The Morgan fingerprint density at radius 1 is 1.38 bits per heavy atom. The molecule has 2 unspecified atom stereocenters. The van der Waals surface area contributed by atoms with E-state index >= 15 is 0 Å². The molecule has 0 aliphatic carbocycles. The number of nitrogens with two attached hydrogens (primary N) is 1. The molecule has 0 amide bonds. The molecule has 2 aromatic rings. The van der Waals surface area contributed by atoms with Gasteiger partial charge in [-0.15, -0.1) is 0 Å². The first-order valence-electron chi connectivity index (χ1n) is 7.90. The summed E-state index contributed by atoms with van der Waals surface area (Å²) >= 11 is 2.36. The lowest BCUT2D eigenvalue weighted by Gasteiger charge is -2.25. The molecule has 132 valence electrons. The van der Waals surface area contributed by atoms with E-state index in [1.165, 1.54) is 6.33 Å². The molecule has 1 aliphatic heterocycles. The summed E-state index contributed by atoms with van der Waals surface area (Å²) in [4.78, 5) is 12.5. The number of nitrogen functional groups attached to an aromatic ring is 1. The molecule has 1 fully saturated rings. The van der Waals surface area contributed by atoms with Crippen molar-refractivity contribution in [3.05, 3.63) is 12.2 Å². The molecule has 8 nitrogen and oxygen atoms in total. The molecule has 4 N–H and O–H groups in total. The van der Waals surface area contributed by atoms with Crippen LogP contribution >= 0.6 is 22.6 Å². The maximum absolute atomic E-state index is 10.5. The van der Waals surface area contributed by atoms with Crippen LogP contribution in [-0.4, -0.2) is 51.5 Å². The fourth-order valence-electron chi connectivity index (χ4n) is 3.01. The molecule has 0 aromatic carbocycles. The average molecular weight is 447 g/mol. The summed E-state index contributed by atoms with van der Waals surface area (Å²) < 4.78 is 7.67. The third kappa shape index (κ3) is 2.98. The number of fused-ring (bicyclic) bond motifs is 1. The Kier molecular flexibility index (Phi) is 4.71. The molecule has 0 bridgehead atoms. The molecular formula is C15H22IN5O3. The van der Waals surface area contributed by atoms with E-state index in [9.17, 15) is 10.2 Å². The highest BCUT2D eigenvalue weighted by atomic mass is 127. The van der Waals surface area contributed by atoms with Crippen LogP contribution in [0.3, 0.4) is 0 Å². The van der Waals surface area contributed by atoms with Gasteiger partial charge in [0.15, 0.2) is 23.2 Å². The maximum Gasteiger partial charge on any atom is 0.167 e. The second-order valence-electron chi connectivity index (χ2n) is 6.48. The zero-order valence-electron chi connectivity index (χ0n) is 13.8. The van der Waals surface area contributed by atoms with Crippen LogP contribution in [0.1, 0.15) is 38.7 Å². The van der Waals surface area contributed by atoms with Crippen molar-refractivity contribution in [3.63, 3.8) is 0 Å². The molecule has 3 heterocycles. The van der Waals surface area contributed by atoms with Gasteiger partial charge in [-0.1, -0.05) is 36.4 Å². The number of imidazole rings is 1. The van der Waals surface area contributed by atoms with Crippen molar-refractivity contribution in [1.29, 1.82) is 0 Å². The number of hydrogen-bond donors (Lipinski definition) is 3. The molecule has 3 rings (SSSR count). The number of anilines is 1. The van der Waals surface area contributed by atoms with Gasteiger partial charge in [0.2, 0.25) is 0 Å². The van der Waals surface area contributed by atoms with Crippen molar-refractivity contribution < 1.29 is 14.9 Å². The number of aliphatic hydroxyl groups is 2. The highest BCUT2D eigenvalue weighted by Gasteiger charge is 2.46. The normalized spacial score (nSPS) is 29.9. The Bertz CT molecular complexity index is 750. The molecule has 1 aliphatic rings. The molecule has 24 heavy (non-hydrogen) atoms. The van der Waals surface area contributed by atoms with E-state index < -0.39 is 24.5 Å². The quantitative estimate of drug-likeness (QED) is 0.478. The number of alkyl halides is 1. The molecule has 0 spiro atoms. The minimum atomic E-state index is -1.06. The van der Waals surface area contributed by atoms with E-state index in [4.69, 9.17) is 10.5 Å². The van der Waals surface area contributed by atoms with Crippen LogP contribution in [0, 0.1) is 6.92 Å². The van der Waals surface area contributed by atoms with Gasteiger partial charge in [-0.2, -0.15) is 0 Å². The maximum atomic E-state index is 10.5. The van der Waals surface area contributed by atoms with Gasteiger partial charge < -0.3 is 20.7 Å². The number of rotatable bonds is 4. The van der Waals surface area contributed by atoms with Crippen LogP contribution in [0.5, 0.6) is 0 Å². The molecule has 5 atom stereocenters. The van der Waals surface area contributed by atoms with Gasteiger partial charge in [-0.05, 0) is 19.8 Å². The molecule has 2 aromatic heterocycles. The second kappa shape index (κ2) is 6.36. The highest BCUT2D eigenvalue weighted by molar-refractivity contribution is 14.1. The Labute approximate surface area is 153 Å². The van der Waals surface area contributed by atoms with Gasteiger partial charge in [-0.3, -0.25) is 4.57 Å². The molecule has 0 saturated carbocycles. The van der Waals surface area contributed by atoms with Crippen molar-refractivity contribution >= 4 is 39.6 Å². The van der Waals surface area contributed by atoms with Crippen LogP contribution in [0.4, 0.5) is 5.82 Å². The topological polar surface area (TPSA) is 119 Å². The minimum absolute atomic E-state index is 0.0172. The number of aliphatic hydroxyl groups excluding tert-OH is 2. The second-order valence-corrected chi connectivity index (χ2v) is 9.08. The minimum Gasteiger partial charge on any atom is -0.388 e. The fourth-order valence-corrected chi connectivity index (χ4v) is 3.45. The van der Waals surface area contributed by atoms with Crippen LogP contribution in [0.15, 0.2) is 6.33 Å². The van der Waals surface area contributed by atoms with Crippen LogP contribution in [0.2, 0.25) is 0 Å². The lowest BCUT2D eigenvalue weighted by molar-refractivity contribution is -0.0398. The SMILES string of the molecule is CCC(C)(I)C[C@H]1OC(n2c(C)nc3c(N)ncnc32)[C@H](O)[C@@H]1O. The van der Waals surface area contributed by atoms with E-state index in [1.54, 1.807) is 11.5 Å². The van der Waals surface area contributed by atoms with Crippen LogP contribution in [-0.2, 0) is 4.74 Å². The predicted molar refractivity (Wildman–Crippen MR) is 97.7 cm³/mol. The van der Waals surface area contributed by atoms with Gasteiger partial charge in [-0.25, -0.2) is 15.0 Å². The summed E-state index contributed by atoms with van der Waals surface area (Å²) in [5, 5.41) is 21.0. The van der Waals surface area contributed by atoms with Gasteiger partial charge >= 0.3 is 0 Å². The third-order valence-corrected chi connectivity index (χ3v) is 5.84. The highest BCUT2D eigenvalue weighted by Crippen LogP contribution is 2.39. The zero-order valence-corrected chi connectivity index (χ0v) is 16.0. The first-order chi connectivity index (χ1) is 11.2. The van der Waals surface area contributed by atoms with Crippen molar-refractivity contribution in [3.8, 4) is 0 Å². The summed E-state index contributed by atoms with van der Waals surface area (Å²) in [5.74, 6) is 0.874. The van der Waals surface area contributed by atoms with E-state index in [0.717, 1.165) is 6.42 Å². The number of ether oxygens (including phenoxy) is 1. The summed E-state index contributed by atoms with van der Waals surface area (Å²) in [5.41, 5.74) is 6.81. The summed E-state index contributed by atoms with van der Waals surface area (Å²) in [6.45, 7) is 5.98. The largest absolute Gasteiger partial charge is 0.388 e. The van der Waals surface area contributed by atoms with Gasteiger partial charge in [0.25, 0.3) is 0 Å². The van der Waals surface area contributed by atoms with Gasteiger partial charge in [0.05, 0.1) is 6.10 Å². The van der Waals surface area contributed by atoms with Gasteiger partial charge in [0.1, 0.15) is 24.4 Å². The van der Waals surface area contributed by atoms with Crippen LogP contribution < -0.4 is 5.73 Å². The van der Waals surface area contributed by atoms with E-state index in [1.807, 2.05) is 0 Å². The first kappa shape index (κ1) is 17.8. The summed E-state index contributed by atoms with van der Waals surface area (Å²) in [6, 6.07) is 0. The summed E-state index contributed by atoms with van der Waals surface area (Å²) in [6.07, 6.45) is -0.308. The van der Waals surface area contributed by atoms with E-state index in [-0.39, 0.29) is 9.24 Å². The fraction of sp³-hybridized carbons (Fsp3) is 0.667. The Balaban J connectivity index is 1.96. The number of halogens is 1. The number of aromatic nitrogens is 4. The zero-order chi connectivity index (χ0) is 17.6. The third-order valence-electron chi connectivity index (χ3n) is 4.64. The van der Waals surface area contributed by atoms with Crippen molar-refractivity contribution in [2.24, 2.45) is 0 Å². The molecule has 9 heteroatoms. The number of nitrogens with zero attached hydrogens (tertiary/aromatic N) is 4. The van der Waals surface area contributed by atoms with Crippen molar-refractivity contribution in [2.45, 2.75) is 61.6 Å². The summed E-state index contributed by atoms with van der Waals surface area (Å²) in [7, 11) is 0. The smallest absolute Gasteiger partial charge is 0.167 e. The predicted octanol–water partition coefficient (Wildman–Crippen LogP) is 1.33. The molecule has 0 radical (unpaired) electrons. The van der Waals surface area contributed by atoms with E-state index in [0.29, 0.717) is 23.4 Å².